The summed E-state index contributed by atoms with van der Waals surface area (Å²) in [7, 11) is 0. The van der Waals surface area contributed by atoms with E-state index in [0.29, 0.717) is 15.9 Å². The monoisotopic (exact) mass is 484 g/mol. The summed E-state index contributed by atoms with van der Waals surface area (Å²) in [6, 6.07) is 17.1. The molecule has 0 radical (unpaired) electrons. The lowest BCUT2D eigenvalue weighted by atomic mass is 10.2. The van der Waals surface area contributed by atoms with Crippen molar-refractivity contribution < 1.29 is 9.52 Å². The summed E-state index contributed by atoms with van der Waals surface area (Å²) in [4.78, 5) is 9.09. The van der Waals surface area contributed by atoms with Crippen LogP contribution in [-0.4, -0.2) is 16.3 Å². The van der Waals surface area contributed by atoms with Crippen LogP contribution in [0.2, 0.25) is 0 Å². The first-order valence-electron chi connectivity index (χ1n) is 8.20. The van der Waals surface area contributed by atoms with E-state index in [4.69, 9.17) is 4.42 Å². The Hall–Kier alpha value is -2.44. The summed E-state index contributed by atoms with van der Waals surface area (Å²) in [5, 5.41) is 10.2. The molecular weight excluding hydrogens is 472 g/mol. The van der Waals surface area contributed by atoms with Gasteiger partial charge in [-0.2, -0.15) is 0 Å². The smallest absolute Gasteiger partial charge is 0.227 e. The average Bonchev–Trinajstić information content (AvgIpc) is 3.09. The molecule has 1 heterocycles. The van der Waals surface area contributed by atoms with E-state index >= 15 is 0 Å². The number of aliphatic imine (C=N–C) groups is 1. The molecule has 0 aliphatic carbocycles. The van der Waals surface area contributed by atoms with Gasteiger partial charge in [0.05, 0.1) is 10.2 Å². The van der Waals surface area contributed by atoms with Crippen molar-refractivity contribution in [2.75, 3.05) is 0 Å². The fraction of sp³-hybridized carbons (Fsp3) is 0.0476. The summed E-state index contributed by atoms with van der Waals surface area (Å²) in [5.74, 6) is 0.705. The molecule has 0 fully saturated rings. The van der Waals surface area contributed by atoms with Crippen molar-refractivity contribution in [3.8, 4) is 17.2 Å². The van der Waals surface area contributed by atoms with Crippen molar-refractivity contribution in [1.82, 2.24) is 4.98 Å². The number of rotatable bonds is 3. The number of aryl methyl sites for hydroxylation is 1. The Labute approximate surface area is 172 Å². The molecule has 0 aliphatic heterocycles. The maximum Gasteiger partial charge on any atom is 0.227 e. The van der Waals surface area contributed by atoms with E-state index in [9.17, 15) is 5.11 Å². The molecule has 0 spiro atoms. The van der Waals surface area contributed by atoms with E-state index in [1.54, 1.807) is 18.3 Å². The second-order valence-electron chi connectivity index (χ2n) is 6.07. The average molecular weight is 486 g/mol. The summed E-state index contributed by atoms with van der Waals surface area (Å²) in [6.45, 7) is 2.01. The van der Waals surface area contributed by atoms with Gasteiger partial charge in [0.2, 0.25) is 5.89 Å². The van der Waals surface area contributed by atoms with Gasteiger partial charge in [0.25, 0.3) is 0 Å². The molecule has 0 saturated carbocycles. The minimum atomic E-state index is 0.146. The number of phenols is 1. The lowest BCUT2D eigenvalue weighted by molar-refractivity contribution is 0.471. The summed E-state index contributed by atoms with van der Waals surface area (Å²) in [5.41, 5.74) is 4.90. The van der Waals surface area contributed by atoms with Crippen molar-refractivity contribution in [3.63, 3.8) is 0 Å². The first kappa shape index (κ1) is 17.9. The van der Waals surface area contributed by atoms with E-state index in [0.717, 1.165) is 32.4 Å². The van der Waals surface area contributed by atoms with Crippen LogP contribution < -0.4 is 0 Å². The van der Waals surface area contributed by atoms with E-state index in [2.05, 4.69) is 41.8 Å². The number of oxazole rings is 1. The van der Waals surface area contributed by atoms with Crippen LogP contribution in [-0.2, 0) is 0 Å². The van der Waals surface area contributed by atoms with Crippen LogP contribution in [0, 0.1) is 6.92 Å². The molecule has 0 aliphatic rings. The first-order valence-corrected chi connectivity index (χ1v) is 9.78. The molecule has 27 heavy (non-hydrogen) atoms. The minimum Gasteiger partial charge on any atom is -0.506 e. The second-order valence-corrected chi connectivity index (χ2v) is 7.84. The van der Waals surface area contributed by atoms with Crippen LogP contribution in [0.1, 0.15) is 11.1 Å². The Morgan fingerprint density at radius 2 is 1.89 bits per heavy atom. The van der Waals surface area contributed by atoms with Gasteiger partial charge in [-0.05, 0) is 64.8 Å². The van der Waals surface area contributed by atoms with Crippen molar-refractivity contribution >= 4 is 54.9 Å². The first-order chi connectivity index (χ1) is 13.0. The zero-order valence-electron chi connectivity index (χ0n) is 14.3. The van der Waals surface area contributed by atoms with Crippen LogP contribution in [0.5, 0.6) is 5.75 Å². The predicted molar refractivity (Wildman–Crippen MR) is 115 cm³/mol. The molecule has 0 bridgehead atoms. The van der Waals surface area contributed by atoms with Crippen molar-refractivity contribution in [2.24, 2.45) is 4.99 Å². The van der Waals surface area contributed by atoms with Gasteiger partial charge in [0.15, 0.2) is 5.58 Å². The Morgan fingerprint density at radius 1 is 1.07 bits per heavy atom. The highest BCUT2D eigenvalue weighted by Gasteiger charge is 2.10. The van der Waals surface area contributed by atoms with Crippen molar-refractivity contribution in [3.05, 3.63) is 74.7 Å². The van der Waals surface area contributed by atoms with Gasteiger partial charge >= 0.3 is 0 Å². The molecule has 0 atom stereocenters. The topological polar surface area (TPSA) is 58.6 Å². The van der Waals surface area contributed by atoms with Crippen LogP contribution in [0.3, 0.4) is 0 Å². The number of hydrogen-bond acceptors (Lipinski definition) is 4. The van der Waals surface area contributed by atoms with Crippen LogP contribution in [0.15, 0.2) is 73.0 Å². The van der Waals surface area contributed by atoms with Gasteiger partial charge in [0.1, 0.15) is 11.3 Å². The summed E-state index contributed by atoms with van der Waals surface area (Å²) < 4.78 is 7.34. The number of phenolic OH excluding ortho intramolecular Hbond substituents is 1. The Morgan fingerprint density at radius 3 is 2.70 bits per heavy atom. The quantitative estimate of drug-likeness (QED) is 0.325. The van der Waals surface area contributed by atoms with Gasteiger partial charge in [-0.15, -0.1) is 0 Å². The van der Waals surface area contributed by atoms with Gasteiger partial charge in [-0.3, -0.25) is 4.99 Å². The SMILES string of the molecule is Cc1cccc2oc(-c3cccc(N=Cc4cc(Br)cc(Br)c4O)c3)nc12. The number of aromatic hydroxyl groups is 1. The molecule has 0 saturated heterocycles. The number of benzene rings is 3. The zero-order chi connectivity index (χ0) is 19.0. The van der Waals surface area contributed by atoms with Gasteiger partial charge < -0.3 is 9.52 Å². The third-order valence-corrected chi connectivity index (χ3v) is 5.19. The highest BCUT2D eigenvalue weighted by Crippen LogP contribution is 2.32. The van der Waals surface area contributed by atoms with Crippen LogP contribution >= 0.6 is 31.9 Å². The maximum absolute atomic E-state index is 10.2. The zero-order valence-corrected chi connectivity index (χ0v) is 17.5. The number of halogens is 2. The molecule has 1 N–H and O–H groups in total. The molecule has 0 amide bonds. The molecule has 134 valence electrons. The number of para-hydroxylation sites is 1. The predicted octanol–water partition coefficient (Wildman–Crippen LogP) is 6.78. The third kappa shape index (κ3) is 3.68. The molecule has 6 heteroatoms. The van der Waals surface area contributed by atoms with Crippen LogP contribution in [0.25, 0.3) is 22.6 Å². The van der Waals surface area contributed by atoms with E-state index in [1.807, 2.05) is 49.4 Å². The fourth-order valence-electron chi connectivity index (χ4n) is 2.76. The van der Waals surface area contributed by atoms with Crippen molar-refractivity contribution in [1.29, 1.82) is 0 Å². The molecule has 3 aromatic carbocycles. The number of fused-ring (bicyclic) bond motifs is 1. The normalized spacial score (nSPS) is 11.5. The van der Waals surface area contributed by atoms with Crippen LogP contribution in [0.4, 0.5) is 5.69 Å². The highest BCUT2D eigenvalue weighted by atomic mass is 79.9. The van der Waals surface area contributed by atoms with E-state index in [-0.39, 0.29) is 5.75 Å². The lowest BCUT2D eigenvalue weighted by Gasteiger charge is -2.03. The fourth-order valence-corrected chi connectivity index (χ4v) is 4.02. The standard InChI is InChI=1S/C21H14Br2N2O2/c1-12-4-2-7-18-19(12)25-21(27-18)13-5-3-6-16(9-13)24-11-14-8-15(22)10-17(23)20(14)26/h2-11,26H,1H3. The third-order valence-electron chi connectivity index (χ3n) is 4.12. The molecular formula is C21H14Br2N2O2. The van der Waals surface area contributed by atoms with Gasteiger partial charge in [-0.1, -0.05) is 34.1 Å². The summed E-state index contributed by atoms with van der Waals surface area (Å²) >= 11 is 6.74. The van der Waals surface area contributed by atoms with E-state index in [1.165, 1.54) is 0 Å². The molecule has 4 nitrogen and oxygen atoms in total. The number of hydrogen-bond donors (Lipinski definition) is 1. The van der Waals surface area contributed by atoms with Gasteiger partial charge in [-0.25, -0.2) is 4.98 Å². The lowest BCUT2D eigenvalue weighted by Crippen LogP contribution is -1.84. The largest absolute Gasteiger partial charge is 0.506 e. The molecule has 4 aromatic rings. The second kappa shape index (κ2) is 7.29. The Bertz CT molecular complexity index is 1180. The summed E-state index contributed by atoms with van der Waals surface area (Å²) in [6.07, 6.45) is 1.63. The van der Waals surface area contributed by atoms with E-state index < -0.39 is 0 Å². The minimum absolute atomic E-state index is 0.146. The van der Waals surface area contributed by atoms with Crippen molar-refractivity contribution in [2.45, 2.75) is 6.92 Å². The Balaban J connectivity index is 1.69. The van der Waals surface area contributed by atoms with Gasteiger partial charge in [0, 0.05) is 21.8 Å². The number of nitrogens with zero attached hydrogens (tertiary/aromatic N) is 2. The molecule has 1 aromatic heterocycles. The molecule has 0 unspecified atom stereocenters. The highest BCUT2D eigenvalue weighted by molar-refractivity contribution is 9.11. The molecule has 4 rings (SSSR count). The number of aromatic nitrogens is 1. The Kier molecular flexibility index (Phi) is 4.85. The maximum atomic E-state index is 10.2.